The summed E-state index contributed by atoms with van der Waals surface area (Å²) in [7, 11) is 3.80. The first-order valence-corrected chi connectivity index (χ1v) is 7.68. The van der Waals surface area contributed by atoms with Gasteiger partial charge in [0.05, 0.1) is 18.3 Å². The van der Waals surface area contributed by atoms with E-state index in [-0.39, 0.29) is 6.04 Å². The van der Waals surface area contributed by atoms with Crippen LogP contribution in [0.1, 0.15) is 22.9 Å². The molecule has 1 aromatic heterocycles. The van der Waals surface area contributed by atoms with Gasteiger partial charge in [-0.2, -0.15) is 0 Å². The highest BCUT2D eigenvalue weighted by Gasteiger charge is 2.21. The summed E-state index contributed by atoms with van der Waals surface area (Å²) in [5.74, 6) is 1.65. The van der Waals surface area contributed by atoms with Crippen molar-refractivity contribution in [1.29, 1.82) is 0 Å². The molecule has 0 saturated heterocycles. The van der Waals surface area contributed by atoms with Gasteiger partial charge in [0.2, 0.25) is 6.79 Å². The highest BCUT2D eigenvalue weighted by atomic mass is 16.7. The molecular formula is C18H22N2O3. The highest BCUT2D eigenvalue weighted by molar-refractivity contribution is 5.48. The second-order valence-corrected chi connectivity index (χ2v) is 5.77. The molecule has 1 aliphatic heterocycles. The van der Waals surface area contributed by atoms with Gasteiger partial charge in [-0.05, 0) is 49.4 Å². The van der Waals surface area contributed by atoms with Gasteiger partial charge in [0, 0.05) is 19.9 Å². The summed E-state index contributed by atoms with van der Waals surface area (Å²) in [5.41, 5.74) is 3.42. The molecule has 5 heteroatoms. The maximum absolute atomic E-state index is 5.49. The summed E-state index contributed by atoms with van der Waals surface area (Å²) < 4.78 is 16.3. The lowest BCUT2D eigenvalue weighted by molar-refractivity contribution is 0.0998. The monoisotopic (exact) mass is 314 g/mol. The van der Waals surface area contributed by atoms with E-state index in [4.69, 9.17) is 14.2 Å². The zero-order chi connectivity index (χ0) is 16.2. The first-order chi connectivity index (χ1) is 11.2. The number of pyridine rings is 1. The second-order valence-electron chi connectivity index (χ2n) is 5.77. The summed E-state index contributed by atoms with van der Waals surface area (Å²) in [4.78, 5) is 6.72. The molecule has 0 unspecified atom stereocenters. The van der Waals surface area contributed by atoms with Crippen LogP contribution in [0.15, 0.2) is 36.5 Å². The van der Waals surface area contributed by atoms with E-state index < -0.39 is 0 Å². The highest BCUT2D eigenvalue weighted by Crippen LogP contribution is 2.35. The van der Waals surface area contributed by atoms with E-state index in [9.17, 15) is 0 Å². The molecule has 0 aliphatic carbocycles. The Labute approximate surface area is 136 Å². The topological polar surface area (TPSA) is 43.8 Å². The van der Waals surface area contributed by atoms with E-state index in [0.29, 0.717) is 13.4 Å². The lowest BCUT2D eigenvalue weighted by Crippen LogP contribution is -2.28. The van der Waals surface area contributed by atoms with E-state index in [1.807, 2.05) is 30.5 Å². The molecule has 0 fully saturated rings. The van der Waals surface area contributed by atoms with Gasteiger partial charge in [-0.15, -0.1) is 0 Å². The van der Waals surface area contributed by atoms with Crippen LogP contribution in [-0.2, 0) is 11.3 Å². The Morgan fingerprint density at radius 2 is 2.04 bits per heavy atom. The molecule has 0 bridgehead atoms. The number of rotatable bonds is 6. The van der Waals surface area contributed by atoms with Crippen LogP contribution in [0.3, 0.4) is 0 Å². The second kappa shape index (κ2) is 6.98. The normalized spacial score (nSPS) is 14.3. The summed E-state index contributed by atoms with van der Waals surface area (Å²) in [5, 5.41) is 0. The minimum absolute atomic E-state index is 0.103. The smallest absolute Gasteiger partial charge is 0.231 e. The number of aromatic nitrogens is 1. The van der Waals surface area contributed by atoms with E-state index >= 15 is 0 Å². The third-order valence-corrected chi connectivity index (χ3v) is 4.14. The van der Waals surface area contributed by atoms with Crippen molar-refractivity contribution in [3.05, 3.63) is 53.3 Å². The number of methoxy groups -OCH3 is 1. The van der Waals surface area contributed by atoms with Crippen LogP contribution in [0.4, 0.5) is 0 Å². The van der Waals surface area contributed by atoms with Crippen LogP contribution in [-0.4, -0.2) is 37.4 Å². The fourth-order valence-corrected chi connectivity index (χ4v) is 2.80. The van der Waals surface area contributed by atoms with Crippen molar-refractivity contribution in [2.75, 3.05) is 27.6 Å². The number of fused-ring (bicyclic) bond motifs is 1. The van der Waals surface area contributed by atoms with Gasteiger partial charge >= 0.3 is 0 Å². The number of aryl methyl sites for hydroxylation is 1. The molecule has 0 saturated carbocycles. The van der Waals surface area contributed by atoms with Crippen molar-refractivity contribution in [3.63, 3.8) is 0 Å². The average molecular weight is 314 g/mol. The van der Waals surface area contributed by atoms with Crippen molar-refractivity contribution in [1.82, 2.24) is 9.88 Å². The Hall–Kier alpha value is -2.11. The summed E-state index contributed by atoms with van der Waals surface area (Å²) in [6, 6.07) is 10.2. The minimum atomic E-state index is 0.103. The number of hydrogen-bond acceptors (Lipinski definition) is 5. The minimum Gasteiger partial charge on any atom is -0.454 e. The Kier molecular flexibility index (Phi) is 4.79. The van der Waals surface area contributed by atoms with Gasteiger partial charge in [0.25, 0.3) is 0 Å². The van der Waals surface area contributed by atoms with E-state index in [0.717, 1.165) is 23.7 Å². The molecule has 3 rings (SSSR count). The third-order valence-electron chi connectivity index (χ3n) is 4.14. The van der Waals surface area contributed by atoms with Crippen molar-refractivity contribution >= 4 is 0 Å². The standard InChI is InChI=1S/C18H22N2O3/c1-13-8-17-18(23-12-22-17)9-14(13)10-20(2)16(11-21-3)15-6-4-5-7-19-15/h4-9,16H,10-12H2,1-3H3/t16-/m1/s1. The molecule has 5 nitrogen and oxygen atoms in total. The number of hydrogen-bond donors (Lipinski definition) is 0. The zero-order valence-corrected chi connectivity index (χ0v) is 13.8. The van der Waals surface area contributed by atoms with Gasteiger partial charge in [-0.25, -0.2) is 0 Å². The van der Waals surface area contributed by atoms with Gasteiger partial charge in [0.15, 0.2) is 11.5 Å². The summed E-state index contributed by atoms with van der Waals surface area (Å²) >= 11 is 0. The molecular weight excluding hydrogens is 292 g/mol. The molecule has 0 N–H and O–H groups in total. The largest absolute Gasteiger partial charge is 0.454 e. The molecule has 2 heterocycles. The van der Waals surface area contributed by atoms with Crippen LogP contribution in [0.2, 0.25) is 0 Å². The van der Waals surface area contributed by atoms with Crippen LogP contribution >= 0.6 is 0 Å². The fourth-order valence-electron chi connectivity index (χ4n) is 2.80. The Morgan fingerprint density at radius 3 is 2.74 bits per heavy atom. The van der Waals surface area contributed by atoms with Crippen molar-refractivity contribution in [2.24, 2.45) is 0 Å². The lowest BCUT2D eigenvalue weighted by atomic mass is 10.1. The van der Waals surface area contributed by atoms with E-state index in [1.165, 1.54) is 11.1 Å². The van der Waals surface area contributed by atoms with Crippen LogP contribution < -0.4 is 9.47 Å². The predicted molar refractivity (Wildman–Crippen MR) is 87.6 cm³/mol. The van der Waals surface area contributed by atoms with Crippen molar-refractivity contribution in [2.45, 2.75) is 19.5 Å². The molecule has 122 valence electrons. The molecule has 2 aromatic rings. The van der Waals surface area contributed by atoms with Gasteiger partial charge < -0.3 is 14.2 Å². The zero-order valence-electron chi connectivity index (χ0n) is 13.8. The average Bonchev–Trinajstić information content (AvgIpc) is 3.00. The quantitative estimate of drug-likeness (QED) is 0.820. The molecule has 0 spiro atoms. The van der Waals surface area contributed by atoms with Crippen molar-refractivity contribution < 1.29 is 14.2 Å². The molecule has 1 aromatic carbocycles. The molecule has 1 aliphatic rings. The van der Waals surface area contributed by atoms with Crippen LogP contribution in [0.25, 0.3) is 0 Å². The Morgan fingerprint density at radius 1 is 1.26 bits per heavy atom. The van der Waals surface area contributed by atoms with Gasteiger partial charge in [-0.1, -0.05) is 6.07 Å². The predicted octanol–water partition coefficient (Wildman–Crippen LogP) is 2.94. The number of benzene rings is 1. The number of ether oxygens (including phenoxy) is 3. The molecule has 23 heavy (non-hydrogen) atoms. The first kappa shape index (κ1) is 15.8. The first-order valence-electron chi connectivity index (χ1n) is 7.68. The number of nitrogens with zero attached hydrogens (tertiary/aromatic N) is 2. The Balaban J connectivity index is 1.80. The fraction of sp³-hybridized carbons (Fsp3) is 0.389. The molecule has 0 amide bonds. The summed E-state index contributed by atoms with van der Waals surface area (Å²) in [6.07, 6.45) is 1.82. The van der Waals surface area contributed by atoms with Crippen LogP contribution in [0.5, 0.6) is 11.5 Å². The van der Waals surface area contributed by atoms with Gasteiger partial charge in [0.1, 0.15) is 0 Å². The van der Waals surface area contributed by atoms with Crippen LogP contribution in [0, 0.1) is 6.92 Å². The molecule has 0 radical (unpaired) electrons. The van der Waals surface area contributed by atoms with Crippen molar-refractivity contribution in [3.8, 4) is 11.5 Å². The summed E-state index contributed by atoms with van der Waals surface area (Å²) in [6.45, 7) is 3.77. The number of likely N-dealkylation sites (N-methyl/N-ethyl adjacent to an activating group) is 1. The maximum atomic E-state index is 5.49. The van der Waals surface area contributed by atoms with Gasteiger partial charge in [-0.3, -0.25) is 9.88 Å². The lowest BCUT2D eigenvalue weighted by Gasteiger charge is -2.27. The SMILES string of the molecule is COC[C@H](c1ccccn1)N(C)Cc1cc2c(cc1C)OCO2. The van der Waals surface area contributed by atoms with E-state index in [1.54, 1.807) is 7.11 Å². The Bertz CT molecular complexity index is 661. The molecule has 1 atom stereocenters. The maximum Gasteiger partial charge on any atom is 0.231 e. The van der Waals surface area contributed by atoms with E-state index in [2.05, 4.69) is 29.9 Å². The third kappa shape index (κ3) is 3.46.